The summed E-state index contributed by atoms with van der Waals surface area (Å²) in [4.78, 5) is 12.5. The van der Waals surface area contributed by atoms with Gasteiger partial charge in [-0.05, 0) is 53.2 Å². The molecule has 1 aromatic rings. The van der Waals surface area contributed by atoms with Crippen LogP contribution in [-0.2, 0) is 0 Å². The van der Waals surface area contributed by atoms with E-state index in [4.69, 9.17) is 0 Å². The molecule has 1 aliphatic heterocycles. The number of quaternary nitrogens is 1. The molecule has 0 radical (unpaired) electrons. The summed E-state index contributed by atoms with van der Waals surface area (Å²) in [5.74, 6) is 0.0611. The van der Waals surface area contributed by atoms with Gasteiger partial charge in [0.05, 0.1) is 11.1 Å². The Labute approximate surface area is 128 Å². The van der Waals surface area contributed by atoms with Crippen LogP contribution < -0.4 is 10.6 Å². The second-order valence-corrected chi connectivity index (χ2v) is 8.02. The Kier molecular flexibility index (Phi) is 4.16. The van der Waals surface area contributed by atoms with E-state index in [-0.39, 0.29) is 23.0 Å². The van der Waals surface area contributed by atoms with E-state index in [1.165, 1.54) is 5.56 Å². The fourth-order valence-corrected chi connectivity index (χ4v) is 3.95. The minimum absolute atomic E-state index is 0.0611. The van der Waals surface area contributed by atoms with E-state index in [0.29, 0.717) is 0 Å². The molecule has 3 N–H and O–H groups in total. The van der Waals surface area contributed by atoms with E-state index in [1.807, 2.05) is 19.1 Å². The molecule has 0 aromatic heterocycles. The van der Waals surface area contributed by atoms with Gasteiger partial charge in [0, 0.05) is 24.4 Å². The smallest absolute Gasteiger partial charge is 0.251 e. The molecule has 1 aliphatic rings. The van der Waals surface area contributed by atoms with Crippen molar-refractivity contribution in [1.29, 1.82) is 0 Å². The molecule has 1 amide bonds. The number of aryl methyl sites for hydroxylation is 2. The molecule has 0 unspecified atom stereocenters. The summed E-state index contributed by atoms with van der Waals surface area (Å²) in [6.07, 6.45) is 2.01. The molecule has 1 heterocycles. The molecule has 2 rings (SSSR count). The summed E-state index contributed by atoms with van der Waals surface area (Å²) in [5.41, 5.74) is 3.38. The van der Waals surface area contributed by atoms with Crippen LogP contribution in [0.3, 0.4) is 0 Å². The highest BCUT2D eigenvalue weighted by atomic mass is 16.1. The zero-order valence-corrected chi connectivity index (χ0v) is 14.2. The van der Waals surface area contributed by atoms with Crippen molar-refractivity contribution in [1.82, 2.24) is 5.32 Å². The van der Waals surface area contributed by atoms with Crippen molar-refractivity contribution in [2.45, 2.75) is 71.5 Å². The molecule has 116 valence electrons. The van der Waals surface area contributed by atoms with Crippen molar-refractivity contribution < 1.29 is 10.1 Å². The van der Waals surface area contributed by atoms with Crippen molar-refractivity contribution in [2.75, 3.05) is 0 Å². The number of hydrogen-bond donors (Lipinski definition) is 2. The minimum Gasteiger partial charge on any atom is -0.349 e. The number of carbonyl (C=O) groups is 1. The van der Waals surface area contributed by atoms with Crippen LogP contribution >= 0.6 is 0 Å². The van der Waals surface area contributed by atoms with Gasteiger partial charge in [0.25, 0.3) is 5.91 Å². The molecule has 0 bridgehead atoms. The standard InChI is InChI=1S/C18H28N2O/c1-12-7-8-15(13(2)9-12)16(21)19-14-10-17(3,4)20-18(5,6)11-14/h7-9,14,20H,10-11H2,1-6H3,(H,19,21)/p+1. The second kappa shape index (κ2) is 5.45. The summed E-state index contributed by atoms with van der Waals surface area (Å²) in [5, 5.41) is 5.68. The maximum Gasteiger partial charge on any atom is 0.251 e. The monoisotopic (exact) mass is 289 g/mol. The predicted octanol–water partition coefficient (Wildman–Crippen LogP) is 2.32. The maximum absolute atomic E-state index is 12.5. The molecule has 1 fully saturated rings. The third-order valence-corrected chi connectivity index (χ3v) is 4.29. The lowest BCUT2D eigenvalue weighted by molar-refractivity contribution is -0.787. The van der Waals surface area contributed by atoms with Crippen LogP contribution in [0.1, 0.15) is 62.0 Å². The van der Waals surface area contributed by atoms with Crippen LogP contribution in [0.4, 0.5) is 0 Å². The third kappa shape index (κ3) is 4.07. The van der Waals surface area contributed by atoms with Gasteiger partial charge in [-0.25, -0.2) is 0 Å². The first kappa shape index (κ1) is 16.0. The van der Waals surface area contributed by atoms with Crippen molar-refractivity contribution in [2.24, 2.45) is 0 Å². The summed E-state index contributed by atoms with van der Waals surface area (Å²) in [7, 11) is 0. The van der Waals surface area contributed by atoms with Gasteiger partial charge in [0.1, 0.15) is 0 Å². The zero-order valence-electron chi connectivity index (χ0n) is 14.2. The topological polar surface area (TPSA) is 45.7 Å². The lowest BCUT2D eigenvalue weighted by Crippen LogP contribution is -3.06. The van der Waals surface area contributed by atoms with Crippen molar-refractivity contribution in [3.05, 3.63) is 34.9 Å². The van der Waals surface area contributed by atoms with Crippen molar-refractivity contribution in [3.8, 4) is 0 Å². The molecule has 1 aromatic carbocycles. The lowest BCUT2D eigenvalue weighted by atomic mass is 9.79. The molecule has 3 nitrogen and oxygen atoms in total. The van der Waals surface area contributed by atoms with E-state index >= 15 is 0 Å². The number of amides is 1. The van der Waals surface area contributed by atoms with Crippen LogP contribution in [-0.4, -0.2) is 23.0 Å². The number of nitrogens with one attached hydrogen (secondary N) is 1. The van der Waals surface area contributed by atoms with Gasteiger partial charge in [0.15, 0.2) is 0 Å². The fraction of sp³-hybridized carbons (Fsp3) is 0.611. The number of benzene rings is 1. The van der Waals surface area contributed by atoms with Crippen molar-refractivity contribution in [3.63, 3.8) is 0 Å². The Bertz CT molecular complexity index is 530. The van der Waals surface area contributed by atoms with Gasteiger partial charge in [-0.3, -0.25) is 4.79 Å². The number of carbonyl (C=O) groups excluding carboxylic acids is 1. The summed E-state index contributed by atoms with van der Waals surface area (Å²) in [6, 6.07) is 6.25. The van der Waals surface area contributed by atoms with Crippen molar-refractivity contribution >= 4 is 5.91 Å². The van der Waals surface area contributed by atoms with Crippen LogP contribution in [0.15, 0.2) is 18.2 Å². The normalized spacial score (nSPS) is 21.0. The zero-order chi connectivity index (χ0) is 15.8. The Morgan fingerprint density at radius 3 is 2.24 bits per heavy atom. The van der Waals surface area contributed by atoms with E-state index in [1.54, 1.807) is 0 Å². The highest BCUT2D eigenvalue weighted by Crippen LogP contribution is 2.22. The van der Waals surface area contributed by atoms with Gasteiger partial charge in [0.2, 0.25) is 0 Å². The Morgan fingerprint density at radius 1 is 1.14 bits per heavy atom. The maximum atomic E-state index is 12.5. The molecule has 21 heavy (non-hydrogen) atoms. The average molecular weight is 289 g/mol. The van der Waals surface area contributed by atoms with E-state index in [9.17, 15) is 4.79 Å². The molecule has 1 saturated heterocycles. The predicted molar refractivity (Wildman–Crippen MR) is 86.5 cm³/mol. The number of piperidine rings is 1. The lowest BCUT2D eigenvalue weighted by Gasteiger charge is -2.43. The highest BCUT2D eigenvalue weighted by molar-refractivity contribution is 5.95. The SMILES string of the molecule is Cc1ccc(C(=O)NC2CC(C)(C)[NH2+]C(C)(C)C2)c(C)c1. The molecular weight excluding hydrogens is 260 g/mol. The average Bonchev–Trinajstić information content (AvgIpc) is 2.23. The van der Waals surface area contributed by atoms with Crippen LogP contribution in [0.2, 0.25) is 0 Å². The molecule has 3 heteroatoms. The number of rotatable bonds is 2. The van der Waals surface area contributed by atoms with Crippen LogP contribution in [0.25, 0.3) is 0 Å². The Balaban J connectivity index is 2.12. The van der Waals surface area contributed by atoms with E-state index in [0.717, 1.165) is 24.0 Å². The summed E-state index contributed by atoms with van der Waals surface area (Å²) < 4.78 is 0. The minimum atomic E-state index is 0.0611. The van der Waals surface area contributed by atoms with Crippen LogP contribution in [0, 0.1) is 13.8 Å². The van der Waals surface area contributed by atoms with Gasteiger partial charge in [-0.15, -0.1) is 0 Å². The molecule has 0 aliphatic carbocycles. The Morgan fingerprint density at radius 2 is 1.71 bits per heavy atom. The van der Waals surface area contributed by atoms with E-state index in [2.05, 4.69) is 51.3 Å². The van der Waals surface area contributed by atoms with Gasteiger partial charge >= 0.3 is 0 Å². The molecule has 0 saturated carbocycles. The third-order valence-electron chi connectivity index (χ3n) is 4.29. The first-order chi connectivity index (χ1) is 9.58. The summed E-state index contributed by atoms with van der Waals surface area (Å²) in [6.45, 7) is 13.1. The van der Waals surface area contributed by atoms with Gasteiger partial charge in [-0.1, -0.05) is 17.7 Å². The van der Waals surface area contributed by atoms with Gasteiger partial charge < -0.3 is 10.6 Å². The molecule has 0 spiro atoms. The largest absolute Gasteiger partial charge is 0.349 e. The summed E-state index contributed by atoms with van der Waals surface area (Å²) >= 11 is 0. The Hall–Kier alpha value is -1.35. The highest BCUT2D eigenvalue weighted by Gasteiger charge is 2.42. The number of hydrogen-bond acceptors (Lipinski definition) is 1. The van der Waals surface area contributed by atoms with E-state index < -0.39 is 0 Å². The van der Waals surface area contributed by atoms with Gasteiger partial charge in [-0.2, -0.15) is 0 Å². The molecule has 0 atom stereocenters. The first-order valence-electron chi connectivity index (χ1n) is 7.83. The quantitative estimate of drug-likeness (QED) is 0.862. The number of nitrogens with two attached hydrogens (primary N) is 1. The first-order valence-corrected chi connectivity index (χ1v) is 7.83. The van der Waals surface area contributed by atoms with Crippen LogP contribution in [0.5, 0.6) is 0 Å². The molecular formula is C18H29N2O+. The fourth-order valence-electron chi connectivity index (χ4n) is 3.95. The second-order valence-electron chi connectivity index (χ2n) is 8.02.